The first kappa shape index (κ1) is 26.5. The van der Waals surface area contributed by atoms with E-state index in [0.717, 1.165) is 12.1 Å². The number of anilines is 1. The fourth-order valence-electron chi connectivity index (χ4n) is 4.32. The molecular formula is C25H18ClF5N6O2. The first-order valence-corrected chi connectivity index (χ1v) is 12.0. The maximum absolute atomic E-state index is 15.5. The van der Waals surface area contributed by atoms with Gasteiger partial charge in [0.2, 0.25) is 17.6 Å². The molecule has 2 aromatic carbocycles. The predicted octanol–water partition coefficient (Wildman–Crippen LogP) is 5.95. The molecular weight excluding hydrogens is 547 g/mol. The van der Waals surface area contributed by atoms with Crippen LogP contribution in [0.3, 0.4) is 0 Å². The van der Waals surface area contributed by atoms with Crippen LogP contribution in [0.5, 0.6) is 5.88 Å². The fraction of sp³-hybridized carbons (Fsp3) is 0.240. The molecule has 1 aliphatic carbocycles. The van der Waals surface area contributed by atoms with Gasteiger partial charge in [0.05, 0.1) is 22.6 Å². The quantitative estimate of drug-likeness (QED) is 0.269. The number of rotatable bonds is 7. The largest absolute Gasteiger partial charge is 0.478 e. The molecule has 0 atom stereocenters. The number of hydrogen-bond acceptors (Lipinski definition) is 6. The van der Waals surface area contributed by atoms with Crippen molar-refractivity contribution in [3.05, 3.63) is 70.4 Å². The van der Waals surface area contributed by atoms with E-state index in [2.05, 4.69) is 30.9 Å². The van der Waals surface area contributed by atoms with Crippen molar-refractivity contribution in [2.24, 2.45) is 0 Å². The van der Waals surface area contributed by atoms with Crippen LogP contribution in [0.4, 0.5) is 27.6 Å². The van der Waals surface area contributed by atoms with E-state index in [-0.39, 0.29) is 41.0 Å². The van der Waals surface area contributed by atoms with E-state index >= 15 is 4.39 Å². The van der Waals surface area contributed by atoms with E-state index in [1.165, 1.54) is 12.3 Å². The van der Waals surface area contributed by atoms with Gasteiger partial charge in [0.15, 0.2) is 0 Å². The highest BCUT2D eigenvalue weighted by Crippen LogP contribution is 2.52. The number of aromatic amines is 1. The maximum Gasteiger partial charge on any atom is 0.417 e. The minimum Gasteiger partial charge on any atom is -0.478 e. The van der Waals surface area contributed by atoms with E-state index in [1.54, 1.807) is 19.1 Å². The average molecular weight is 565 g/mol. The van der Waals surface area contributed by atoms with E-state index < -0.39 is 39.7 Å². The normalized spacial score (nSPS) is 14.2. The van der Waals surface area contributed by atoms with Gasteiger partial charge in [-0.1, -0.05) is 17.7 Å². The number of amides is 1. The summed E-state index contributed by atoms with van der Waals surface area (Å²) < 4.78 is 75.2. The number of halogens is 6. The molecule has 1 aliphatic rings. The van der Waals surface area contributed by atoms with Crippen LogP contribution in [0.1, 0.15) is 30.9 Å². The molecule has 0 aliphatic heterocycles. The third-order valence-electron chi connectivity index (χ3n) is 6.34. The highest BCUT2D eigenvalue weighted by molar-refractivity contribution is 6.31. The smallest absolute Gasteiger partial charge is 0.417 e. The number of alkyl halides is 3. The summed E-state index contributed by atoms with van der Waals surface area (Å²) >= 11 is 5.67. The molecule has 0 radical (unpaired) electrons. The van der Waals surface area contributed by atoms with Gasteiger partial charge in [-0.25, -0.2) is 13.8 Å². The SMILES string of the molecule is CCOc1ccc(-c2c(F)cc(NC(=O)C3(c4ccc(C(F)(F)F)c(Cl)c4F)CC3)cc2-c2nn[nH]n2)cn1. The van der Waals surface area contributed by atoms with Crippen LogP contribution in [-0.2, 0) is 16.4 Å². The number of tetrazole rings is 1. The van der Waals surface area contributed by atoms with E-state index in [0.29, 0.717) is 24.1 Å². The highest BCUT2D eigenvalue weighted by atomic mass is 35.5. The molecule has 39 heavy (non-hydrogen) atoms. The molecule has 0 unspecified atom stereocenters. The Hall–Kier alpha value is -4.13. The minimum atomic E-state index is -4.86. The van der Waals surface area contributed by atoms with Crippen LogP contribution < -0.4 is 10.1 Å². The first-order chi connectivity index (χ1) is 18.5. The van der Waals surface area contributed by atoms with Crippen molar-refractivity contribution in [1.82, 2.24) is 25.6 Å². The van der Waals surface area contributed by atoms with Crippen molar-refractivity contribution in [3.63, 3.8) is 0 Å². The number of ether oxygens (including phenoxy) is 1. The van der Waals surface area contributed by atoms with Crippen molar-refractivity contribution in [2.45, 2.75) is 31.4 Å². The molecule has 0 spiro atoms. The molecule has 202 valence electrons. The molecule has 2 aromatic heterocycles. The third-order valence-corrected chi connectivity index (χ3v) is 6.71. The zero-order valence-electron chi connectivity index (χ0n) is 20.0. The summed E-state index contributed by atoms with van der Waals surface area (Å²) in [4.78, 5) is 17.4. The molecule has 0 saturated heterocycles. The number of nitrogens with one attached hydrogen (secondary N) is 2. The summed E-state index contributed by atoms with van der Waals surface area (Å²) in [6.45, 7) is 2.19. The number of nitrogens with zero attached hydrogens (tertiary/aromatic N) is 4. The maximum atomic E-state index is 15.5. The lowest BCUT2D eigenvalue weighted by atomic mass is 9.92. The molecule has 1 saturated carbocycles. The number of hydrogen-bond donors (Lipinski definition) is 2. The molecule has 8 nitrogen and oxygen atoms in total. The Kier molecular flexibility index (Phi) is 6.70. The van der Waals surface area contributed by atoms with Gasteiger partial charge in [0.25, 0.3) is 0 Å². The lowest BCUT2D eigenvalue weighted by Crippen LogP contribution is -2.29. The Labute approximate surface area is 222 Å². The summed E-state index contributed by atoms with van der Waals surface area (Å²) in [6, 6.07) is 7.16. The Balaban J connectivity index is 1.50. The fourth-order valence-corrected chi connectivity index (χ4v) is 4.59. The number of carbonyl (C=O) groups is 1. The molecule has 2 heterocycles. The summed E-state index contributed by atoms with van der Waals surface area (Å²) in [5.74, 6) is -2.44. The highest BCUT2D eigenvalue weighted by Gasteiger charge is 2.53. The Bertz CT molecular complexity index is 1540. The second-order valence-electron chi connectivity index (χ2n) is 8.76. The van der Waals surface area contributed by atoms with Crippen molar-refractivity contribution in [3.8, 4) is 28.4 Å². The molecule has 2 N–H and O–H groups in total. The number of H-pyrrole nitrogens is 1. The van der Waals surface area contributed by atoms with Gasteiger partial charge >= 0.3 is 6.18 Å². The van der Waals surface area contributed by atoms with Crippen molar-refractivity contribution < 1.29 is 31.5 Å². The number of aromatic nitrogens is 5. The van der Waals surface area contributed by atoms with Crippen molar-refractivity contribution in [2.75, 3.05) is 11.9 Å². The summed E-state index contributed by atoms with van der Waals surface area (Å²) in [5.41, 5.74) is -2.47. The lowest BCUT2D eigenvalue weighted by molar-refractivity contribution is -0.137. The lowest BCUT2D eigenvalue weighted by Gasteiger charge is -2.20. The van der Waals surface area contributed by atoms with Gasteiger partial charge < -0.3 is 10.1 Å². The number of benzene rings is 2. The van der Waals surface area contributed by atoms with E-state index in [1.807, 2.05) is 0 Å². The Morgan fingerprint density at radius 2 is 1.95 bits per heavy atom. The van der Waals surface area contributed by atoms with Gasteiger partial charge in [0, 0.05) is 40.2 Å². The van der Waals surface area contributed by atoms with Crippen LogP contribution in [-0.4, -0.2) is 38.1 Å². The first-order valence-electron chi connectivity index (χ1n) is 11.6. The zero-order chi connectivity index (χ0) is 27.9. The minimum absolute atomic E-state index is 0.00959. The Morgan fingerprint density at radius 1 is 1.18 bits per heavy atom. The molecule has 5 rings (SSSR count). The van der Waals surface area contributed by atoms with Gasteiger partial charge in [-0.2, -0.15) is 18.4 Å². The van der Waals surface area contributed by atoms with Crippen LogP contribution in [0.2, 0.25) is 5.02 Å². The topological polar surface area (TPSA) is 106 Å². The van der Waals surface area contributed by atoms with Gasteiger partial charge in [0.1, 0.15) is 11.6 Å². The second-order valence-corrected chi connectivity index (χ2v) is 9.13. The van der Waals surface area contributed by atoms with E-state index in [9.17, 15) is 22.4 Å². The predicted molar refractivity (Wildman–Crippen MR) is 130 cm³/mol. The molecule has 1 fully saturated rings. The van der Waals surface area contributed by atoms with Crippen molar-refractivity contribution >= 4 is 23.2 Å². The molecule has 0 bridgehead atoms. The van der Waals surface area contributed by atoms with Crippen LogP contribution in [0.25, 0.3) is 22.5 Å². The number of carbonyl (C=O) groups excluding carboxylic acids is 1. The van der Waals surface area contributed by atoms with Crippen molar-refractivity contribution in [1.29, 1.82) is 0 Å². The summed E-state index contributed by atoms with van der Waals surface area (Å²) in [5, 5.41) is 15.1. The van der Waals surface area contributed by atoms with E-state index in [4.69, 9.17) is 16.3 Å². The monoisotopic (exact) mass is 564 g/mol. The molecule has 4 aromatic rings. The molecule has 1 amide bonds. The second kappa shape index (κ2) is 9.88. The van der Waals surface area contributed by atoms with Crippen LogP contribution in [0, 0.1) is 11.6 Å². The summed E-state index contributed by atoms with van der Waals surface area (Å²) in [7, 11) is 0. The standard InChI is InChI=1S/C25H18ClF5N6O2/c1-2-39-18-6-3-12(11-32-18)19-14(22-34-36-37-35-22)9-13(10-17(19)27)33-23(38)24(7-8-24)16-5-4-15(25(29,30)31)20(26)21(16)28/h3-6,9-11H,2,7-8H2,1H3,(H,33,38)(H,34,35,36,37). The van der Waals surface area contributed by atoms with Gasteiger partial charge in [-0.3, -0.25) is 4.79 Å². The van der Waals surface area contributed by atoms with Crippen LogP contribution >= 0.6 is 11.6 Å². The Morgan fingerprint density at radius 3 is 2.54 bits per heavy atom. The molecule has 14 heteroatoms. The number of pyridine rings is 1. The van der Waals surface area contributed by atoms with Crippen LogP contribution in [0.15, 0.2) is 42.6 Å². The zero-order valence-corrected chi connectivity index (χ0v) is 20.8. The van der Waals surface area contributed by atoms with Gasteiger partial charge in [-0.05, 0) is 49.2 Å². The third kappa shape index (κ3) is 4.89. The summed E-state index contributed by atoms with van der Waals surface area (Å²) in [6.07, 6.45) is -3.14. The van der Waals surface area contributed by atoms with Gasteiger partial charge in [-0.15, -0.1) is 10.2 Å². The average Bonchev–Trinajstić information content (AvgIpc) is 3.50.